The Hall–Kier alpha value is -3.43. The summed E-state index contributed by atoms with van der Waals surface area (Å²) in [4.78, 5) is 61.0. The molecule has 0 spiro atoms. The van der Waals surface area contributed by atoms with E-state index in [-0.39, 0.29) is 6.42 Å². The van der Waals surface area contributed by atoms with Crippen LogP contribution >= 0.6 is 0 Å². The van der Waals surface area contributed by atoms with Gasteiger partial charge in [-0.3, -0.25) is 24.6 Å². The minimum absolute atomic E-state index is 0.290. The highest BCUT2D eigenvalue weighted by atomic mass is 16.5. The number of hydrogen-bond acceptors (Lipinski definition) is 6. The summed E-state index contributed by atoms with van der Waals surface area (Å²) in [7, 11) is 1.32. The number of urea groups is 2. The number of rotatable bonds is 6. The number of nitrogens with one attached hydrogen (secondary N) is 3. The van der Waals surface area contributed by atoms with Crippen LogP contribution in [-0.4, -0.2) is 54.4 Å². The number of amides is 6. The van der Waals surface area contributed by atoms with Crippen molar-refractivity contribution >= 4 is 29.8 Å². The number of carbonyl (C=O) groups excluding carboxylic acids is 5. The number of nitrogens with zero attached hydrogens (tertiary/aromatic N) is 1. The SMILES string of the molecule is CCC1(c2ccccc2)NC(=O)N(CC(=O)OC(C)C(=O)NC(=O)NC)C1=O. The van der Waals surface area contributed by atoms with Gasteiger partial charge in [-0.25, -0.2) is 9.59 Å². The van der Waals surface area contributed by atoms with Gasteiger partial charge in [-0.2, -0.15) is 0 Å². The topological polar surface area (TPSA) is 134 Å². The second-order valence-electron chi connectivity index (χ2n) is 6.15. The first-order chi connectivity index (χ1) is 13.2. The molecule has 150 valence electrons. The van der Waals surface area contributed by atoms with E-state index in [1.165, 1.54) is 14.0 Å². The van der Waals surface area contributed by atoms with Crippen LogP contribution in [-0.2, 0) is 24.7 Å². The number of hydrogen-bond donors (Lipinski definition) is 3. The van der Waals surface area contributed by atoms with Crippen molar-refractivity contribution in [1.29, 1.82) is 0 Å². The Labute approximate surface area is 161 Å². The molecule has 0 saturated carbocycles. The number of imide groups is 2. The third-order valence-corrected chi connectivity index (χ3v) is 4.40. The molecular weight excluding hydrogens is 368 g/mol. The zero-order valence-electron chi connectivity index (χ0n) is 15.8. The van der Waals surface area contributed by atoms with Gasteiger partial charge in [0.1, 0.15) is 12.1 Å². The molecule has 3 N–H and O–H groups in total. The molecule has 1 fully saturated rings. The van der Waals surface area contributed by atoms with Crippen molar-refractivity contribution in [1.82, 2.24) is 20.9 Å². The van der Waals surface area contributed by atoms with Crippen molar-refractivity contribution in [2.45, 2.75) is 31.9 Å². The molecule has 6 amide bonds. The summed E-state index contributed by atoms with van der Waals surface area (Å²) >= 11 is 0. The number of ether oxygens (including phenoxy) is 1. The number of esters is 1. The lowest BCUT2D eigenvalue weighted by Gasteiger charge is -2.25. The van der Waals surface area contributed by atoms with Crippen LogP contribution in [0.2, 0.25) is 0 Å². The van der Waals surface area contributed by atoms with E-state index < -0.39 is 48.0 Å². The molecule has 0 bridgehead atoms. The van der Waals surface area contributed by atoms with E-state index in [0.29, 0.717) is 5.56 Å². The fraction of sp³-hybridized carbons (Fsp3) is 0.389. The normalized spacial score (nSPS) is 19.6. The molecule has 0 aromatic heterocycles. The third kappa shape index (κ3) is 4.11. The smallest absolute Gasteiger partial charge is 0.327 e. The molecule has 2 atom stereocenters. The van der Waals surface area contributed by atoms with Crippen LogP contribution in [0.3, 0.4) is 0 Å². The summed E-state index contributed by atoms with van der Waals surface area (Å²) in [5.74, 6) is -2.37. The maximum absolute atomic E-state index is 12.9. The Kier molecular flexibility index (Phi) is 6.34. The Balaban J connectivity index is 2.07. The Morgan fingerprint density at radius 2 is 1.86 bits per heavy atom. The maximum Gasteiger partial charge on any atom is 0.327 e. The van der Waals surface area contributed by atoms with Gasteiger partial charge in [-0.05, 0) is 18.9 Å². The van der Waals surface area contributed by atoms with E-state index in [9.17, 15) is 24.0 Å². The fourth-order valence-corrected chi connectivity index (χ4v) is 2.82. The molecule has 1 saturated heterocycles. The fourth-order valence-electron chi connectivity index (χ4n) is 2.82. The second-order valence-corrected chi connectivity index (χ2v) is 6.15. The zero-order valence-corrected chi connectivity index (χ0v) is 15.8. The van der Waals surface area contributed by atoms with E-state index in [1.807, 2.05) is 5.32 Å². The molecule has 0 aliphatic carbocycles. The first-order valence-electron chi connectivity index (χ1n) is 8.66. The van der Waals surface area contributed by atoms with E-state index in [4.69, 9.17) is 4.74 Å². The van der Waals surface area contributed by atoms with Gasteiger partial charge in [-0.1, -0.05) is 37.3 Å². The van der Waals surface area contributed by atoms with Crippen LogP contribution in [0.1, 0.15) is 25.8 Å². The number of carbonyl (C=O) groups is 5. The van der Waals surface area contributed by atoms with Crippen LogP contribution in [0.15, 0.2) is 30.3 Å². The first-order valence-corrected chi connectivity index (χ1v) is 8.66. The van der Waals surface area contributed by atoms with Gasteiger partial charge in [-0.15, -0.1) is 0 Å². The lowest BCUT2D eigenvalue weighted by atomic mass is 9.87. The van der Waals surface area contributed by atoms with Gasteiger partial charge in [0.2, 0.25) is 0 Å². The summed E-state index contributed by atoms with van der Waals surface area (Å²) in [6, 6.07) is 7.23. The Morgan fingerprint density at radius 1 is 1.21 bits per heavy atom. The molecule has 10 heteroatoms. The Morgan fingerprint density at radius 3 is 2.43 bits per heavy atom. The largest absolute Gasteiger partial charge is 0.451 e. The standard InChI is InChI=1S/C18H22N4O6/c1-4-18(12-8-6-5-7-9-12)15(25)22(17(27)21-18)10-13(23)28-11(2)14(24)20-16(26)19-3/h5-9,11H,4,10H2,1-3H3,(H,21,27)(H2,19,20,24,26). The zero-order chi connectivity index (χ0) is 20.9. The maximum atomic E-state index is 12.9. The molecule has 1 aliphatic heterocycles. The molecule has 1 aromatic rings. The van der Waals surface area contributed by atoms with Gasteiger partial charge in [0.25, 0.3) is 11.8 Å². The van der Waals surface area contributed by atoms with Crippen LogP contribution in [0, 0.1) is 0 Å². The van der Waals surface area contributed by atoms with Crippen molar-refractivity contribution in [2.75, 3.05) is 13.6 Å². The summed E-state index contributed by atoms with van der Waals surface area (Å²) in [5.41, 5.74) is -0.661. The molecule has 1 heterocycles. The highest BCUT2D eigenvalue weighted by Gasteiger charge is 2.51. The van der Waals surface area contributed by atoms with Gasteiger partial charge >= 0.3 is 18.0 Å². The monoisotopic (exact) mass is 390 g/mol. The lowest BCUT2D eigenvalue weighted by Crippen LogP contribution is -2.45. The van der Waals surface area contributed by atoms with Gasteiger partial charge in [0.15, 0.2) is 6.10 Å². The molecular formula is C18H22N4O6. The minimum Gasteiger partial charge on any atom is -0.451 e. The van der Waals surface area contributed by atoms with E-state index in [0.717, 1.165) is 4.90 Å². The lowest BCUT2D eigenvalue weighted by molar-refractivity contribution is -0.156. The van der Waals surface area contributed by atoms with Crippen LogP contribution in [0.4, 0.5) is 9.59 Å². The van der Waals surface area contributed by atoms with Crippen LogP contribution in [0.5, 0.6) is 0 Å². The molecule has 28 heavy (non-hydrogen) atoms. The highest BCUT2D eigenvalue weighted by Crippen LogP contribution is 2.32. The van der Waals surface area contributed by atoms with Crippen molar-refractivity contribution in [2.24, 2.45) is 0 Å². The Bertz CT molecular complexity index is 797. The van der Waals surface area contributed by atoms with Crippen molar-refractivity contribution < 1.29 is 28.7 Å². The third-order valence-electron chi connectivity index (χ3n) is 4.40. The molecule has 10 nitrogen and oxygen atoms in total. The van der Waals surface area contributed by atoms with Crippen LogP contribution < -0.4 is 16.0 Å². The van der Waals surface area contributed by atoms with Crippen molar-refractivity contribution in [3.8, 4) is 0 Å². The predicted octanol–water partition coefficient (Wildman–Crippen LogP) is 0.231. The molecule has 1 aliphatic rings. The first kappa shape index (κ1) is 20.9. The number of benzene rings is 1. The molecule has 0 radical (unpaired) electrons. The summed E-state index contributed by atoms with van der Waals surface area (Å²) in [6.45, 7) is 2.36. The van der Waals surface area contributed by atoms with E-state index in [2.05, 4.69) is 10.6 Å². The molecule has 2 rings (SSSR count). The van der Waals surface area contributed by atoms with Crippen molar-refractivity contribution in [3.05, 3.63) is 35.9 Å². The van der Waals surface area contributed by atoms with Gasteiger partial charge < -0.3 is 15.4 Å². The molecule has 2 unspecified atom stereocenters. The van der Waals surface area contributed by atoms with Crippen molar-refractivity contribution in [3.63, 3.8) is 0 Å². The summed E-state index contributed by atoms with van der Waals surface area (Å²) < 4.78 is 4.92. The van der Waals surface area contributed by atoms with E-state index in [1.54, 1.807) is 37.3 Å². The van der Waals surface area contributed by atoms with E-state index >= 15 is 0 Å². The van der Waals surface area contributed by atoms with Gasteiger partial charge in [0, 0.05) is 7.05 Å². The van der Waals surface area contributed by atoms with Crippen LogP contribution in [0.25, 0.3) is 0 Å². The average Bonchev–Trinajstić information content (AvgIpc) is 2.93. The quantitative estimate of drug-likeness (QED) is 0.470. The minimum atomic E-state index is -1.28. The highest BCUT2D eigenvalue weighted by molar-refractivity contribution is 6.09. The summed E-state index contributed by atoms with van der Waals surface area (Å²) in [6.07, 6.45) is -0.992. The second kappa shape index (κ2) is 8.51. The molecule has 1 aromatic carbocycles. The predicted molar refractivity (Wildman–Crippen MR) is 96.8 cm³/mol. The summed E-state index contributed by atoms with van der Waals surface area (Å²) in [5, 5.41) is 6.80. The average molecular weight is 390 g/mol. The van der Waals surface area contributed by atoms with Gasteiger partial charge in [0.05, 0.1) is 0 Å².